The minimum Gasteiger partial charge on any atom is -0.444 e. The number of hydrazine groups is 1. The second-order valence-electron chi connectivity index (χ2n) is 6.00. The predicted octanol–water partition coefficient (Wildman–Crippen LogP) is 4.53. The van der Waals surface area contributed by atoms with Crippen LogP contribution in [0.4, 0.5) is 4.79 Å². The molecule has 0 saturated heterocycles. The molecule has 1 N–H and O–H groups in total. The third-order valence-electron chi connectivity index (χ3n) is 3.89. The molecule has 4 nitrogen and oxygen atoms in total. The molecule has 0 aliphatic rings. The van der Waals surface area contributed by atoms with Crippen LogP contribution in [0.1, 0.15) is 16.7 Å². The van der Waals surface area contributed by atoms with Crippen LogP contribution in [0, 0.1) is 0 Å². The zero-order valence-electron chi connectivity index (χ0n) is 14.5. The summed E-state index contributed by atoms with van der Waals surface area (Å²) in [7, 11) is 0. The molecule has 0 unspecified atom stereocenters. The Labute approximate surface area is 154 Å². The summed E-state index contributed by atoms with van der Waals surface area (Å²) >= 11 is 0. The van der Waals surface area contributed by atoms with Gasteiger partial charge in [0.2, 0.25) is 0 Å². The molecule has 26 heavy (non-hydrogen) atoms. The van der Waals surface area contributed by atoms with Crippen LogP contribution in [0.3, 0.4) is 0 Å². The molecule has 3 aromatic rings. The quantitative estimate of drug-likeness (QED) is 0.639. The normalized spacial score (nSPS) is 10.5. The van der Waals surface area contributed by atoms with Crippen LogP contribution < -0.4 is 5.43 Å². The lowest BCUT2D eigenvalue weighted by molar-refractivity contribution is 0.0932. The monoisotopic (exact) mass is 346 g/mol. The van der Waals surface area contributed by atoms with E-state index in [0.29, 0.717) is 13.1 Å². The first kappa shape index (κ1) is 17.7. The Morgan fingerprint density at radius 2 is 1.12 bits per heavy atom. The molecule has 0 aliphatic carbocycles. The first-order valence-corrected chi connectivity index (χ1v) is 8.60. The summed E-state index contributed by atoms with van der Waals surface area (Å²) in [4.78, 5) is 12.2. The number of hydrogen-bond donors (Lipinski definition) is 1. The van der Waals surface area contributed by atoms with Gasteiger partial charge in [0.25, 0.3) is 0 Å². The van der Waals surface area contributed by atoms with Gasteiger partial charge in [-0.15, -0.1) is 0 Å². The summed E-state index contributed by atoms with van der Waals surface area (Å²) in [5.74, 6) is 0. The molecule has 0 bridgehead atoms. The highest BCUT2D eigenvalue weighted by atomic mass is 16.6. The van der Waals surface area contributed by atoms with Crippen molar-refractivity contribution < 1.29 is 9.53 Å². The Bertz CT molecular complexity index is 751. The number of rotatable bonds is 7. The van der Waals surface area contributed by atoms with Crippen molar-refractivity contribution in [1.82, 2.24) is 10.4 Å². The van der Waals surface area contributed by atoms with Gasteiger partial charge in [-0.05, 0) is 16.7 Å². The van der Waals surface area contributed by atoms with E-state index in [0.717, 1.165) is 16.7 Å². The van der Waals surface area contributed by atoms with E-state index in [9.17, 15) is 4.79 Å². The third kappa shape index (κ3) is 5.76. The van der Waals surface area contributed by atoms with Crippen LogP contribution >= 0.6 is 0 Å². The molecular weight excluding hydrogens is 324 g/mol. The first-order valence-electron chi connectivity index (χ1n) is 8.60. The molecule has 0 atom stereocenters. The molecule has 0 saturated carbocycles. The Hall–Kier alpha value is -3.11. The highest BCUT2D eigenvalue weighted by Gasteiger charge is 2.12. The molecule has 0 aliphatic heterocycles. The number of hydrogen-bond acceptors (Lipinski definition) is 3. The molecule has 4 heteroatoms. The summed E-state index contributed by atoms with van der Waals surface area (Å²) in [6.07, 6.45) is -0.458. The van der Waals surface area contributed by atoms with Gasteiger partial charge >= 0.3 is 6.09 Å². The maximum absolute atomic E-state index is 12.2. The molecule has 132 valence electrons. The number of nitrogens with zero attached hydrogens (tertiary/aromatic N) is 1. The van der Waals surface area contributed by atoms with E-state index in [4.69, 9.17) is 4.74 Å². The minimum absolute atomic E-state index is 0.247. The highest BCUT2D eigenvalue weighted by molar-refractivity contribution is 5.66. The zero-order valence-corrected chi connectivity index (χ0v) is 14.5. The fourth-order valence-electron chi connectivity index (χ4n) is 2.63. The van der Waals surface area contributed by atoms with Crippen LogP contribution in [-0.4, -0.2) is 11.1 Å². The standard InChI is InChI=1S/C22H22N2O2/c25-22(26-18-21-14-8-3-9-15-21)23-24(16-19-10-4-1-5-11-19)17-20-12-6-2-7-13-20/h1-15H,16-18H2,(H,23,25). The van der Waals surface area contributed by atoms with Gasteiger partial charge in [-0.3, -0.25) is 5.43 Å². The van der Waals surface area contributed by atoms with E-state index >= 15 is 0 Å². The Morgan fingerprint density at radius 3 is 1.58 bits per heavy atom. The average molecular weight is 346 g/mol. The fourth-order valence-corrected chi connectivity index (χ4v) is 2.63. The number of amides is 1. The number of ether oxygens (including phenoxy) is 1. The van der Waals surface area contributed by atoms with Crippen LogP contribution in [0.15, 0.2) is 91.0 Å². The minimum atomic E-state index is -0.458. The second-order valence-corrected chi connectivity index (χ2v) is 6.00. The maximum Gasteiger partial charge on any atom is 0.422 e. The second kappa shape index (κ2) is 9.39. The molecule has 0 heterocycles. The van der Waals surface area contributed by atoms with Crippen molar-refractivity contribution in [3.8, 4) is 0 Å². The van der Waals surface area contributed by atoms with Gasteiger partial charge in [0.15, 0.2) is 0 Å². The lowest BCUT2D eigenvalue weighted by Crippen LogP contribution is -2.41. The number of carbonyl (C=O) groups is 1. The molecule has 3 rings (SSSR count). The van der Waals surface area contributed by atoms with Crippen LogP contribution in [0.25, 0.3) is 0 Å². The van der Waals surface area contributed by atoms with Gasteiger partial charge in [0, 0.05) is 13.1 Å². The molecule has 3 aromatic carbocycles. The van der Waals surface area contributed by atoms with Gasteiger partial charge in [0.05, 0.1) is 0 Å². The summed E-state index contributed by atoms with van der Waals surface area (Å²) in [6, 6.07) is 29.7. The Kier molecular flexibility index (Phi) is 6.40. The van der Waals surface area contributed by atoms with E-state index in [1.165, 1.54) is 0 Å². The first-order chi connectivity index (χ1) is 12.8. The highest BCUT2D eigenvalue weighted by Crippen LogP contribution is 2.09. The van der Waals surface area contributed by atoms with Crippen molar-refractivity contribution in [2.75, 3.05) is 0 Å². The average Bonchev–Trinajstić information content (AvgIpc) is 2.69. The van der Waals surface area contributed by atoms with Crippen molar-refractivity contribution in [1.29, 1.82) is 0 Å². The summed E-state index contributed by atoms with van der Waals surface area (Å²) < 4.78 is 5.34. The Morgan fingerprint density at radius 1 is 0.692 bits per heavy atom. The predicted molar refractivity (Wildman–Crippen MR) is 102 cm³/mol. The summed E-state index contributed by atoms with van der Waals surface area (Å²) in [5.41, 5.74) is 6.05. The molecule has 0 radical (unpaired) electrons. The smallest absolute Gasteiger partial charge is 0.422 e. The van der Waals surface area contributed by atoms with Gasteiger partial charge in [-0.1, -0.05) is 91.0 Å². The van der Waals surface area contributed by atoms with Gasteiger partial charge < -0.3 is 4.74 Å². The molecular formula is C22H22N2O2. The zero-order chi connectivity index (χ0) is 18.0. The van der Waals surface area contributed by atoms with Gasteiger partial charge in [-0.2, -0.15) is 0 Å². The number of benzene rings is 3. The van der Waals surface area contributed by atoms with Crippen molar-refractivity contribution in [2.45, 2.75) is 19.7 Å². The van der Waals surface area contributed by atoms with Crippen LogP contribution in [0.2, 0.25) is 0 Å². The van der Waals surface area contributed by atoms with E-state index in [1.807, 2.05) is 96.0 Å². The van der Waals surface area contributed by atoms with E-state index < -0.39 is 6.09 Å². The van der Waals surface area contributed by atoms with E-state index in [2.05, 4.69) is 5.43 Å². The SMILES string of the molecule is O=C(NN(Cc1ccccc1)Cc1ccccc1)OCc1ccccc1. The van der Waals surface area contributed by atoms with Gasteiger partial charge in [0.1, 0.15) is 6.61 Å². The molecule has 0 fully saturated rings. The summed E-state index contributed by atoms with van der Waals surface area (Å²) in [6.45, 7) is 1.43. The lowest BCUT2D eigenvalue weighted by atomic mass is 10.2. The van der Waals surface area contributed by atoms with E-state index in [-0.39, 0.29) is 6.61 Å². The van der Waals surface area contributed by atoms with Crippen molar-refractivity contribution in [3.05, 3.63) is 108 Å². The van der Waals surface area contributed by atoms with E-state index in [1.54, 1.807) is 0 Å². The molecule has 0 aromatic heterocycles. The van der Waals surface area contributed by atoms with Crippen molar-refractivity contribution >= 4 is 6.09 Å². The Balaban J connectivity index is 1.61. The third-order valence-corrected chi connectivity index (χ3v) is 3.89. The largest absolute Gasteiger partial charge is 0.444 e. The van der Waals surface area contributed by atoms with Crippen LogP contribution in [-0.2, 0) is 24.4 Å². The van der Waals surface area contributed by atoms with Crippen molar-refractivity contribution in [3.63, 3.8) is 0 Å². The fraction of sp³-hybridized carbons (Fsp3) is 0.136. The van der Waals surface area contributed by atoms with Gasteiger partial charge in [-0.25, -0.2) is 9.80 Å². The number of carbonyl (C=O) groups excluding carboxylic acids is 1. The number of nitrogens with one attached hydrogen (secondary N) is 1. The summed E-state index contributed by atoms with van der Waals surface area (Å²) in [5, 5.41) is 1.86. The topological polar surface area (TPSA) is 41.6 Å². The van der Waals surface area contributed by atoms with Crippen LogP contribution in [0.5, 0.6) is 0 Å². The maximum atomic E-state index is 12.2. The molecule has 0 spiro atoms. The molecule has 1 amide bonds. The lowest BCUT2D eigenvalue weighted by Gasteiger charge is -2.23. The van der Waals surface area contributed by atoms with Crippen molar-refractivity contribution in [2.24, 2.45) is 0 Å².